The summed E-state index contributed by atoms with van der Waals surface area (Å²) in [6, 6.07) is 6.06. The Balaban J connectivity index is 2.11. The smallest absolute Gasteiger partial charge is 0.169 e. The van der Waals surface area contributed by atoms with Gasteiger partial charge in [0.05, 0.1) is 17.9 Å². The first kappa shape index (κ1) is 11.3. The number of hydrogen-bond donors (Lipinski definition) is 2. The summed E-state index contributed by atoms with van der Waals surface area (Å²) < 4.78 is 27.0. The number of aromatic nitrogens is 2. The van der Waals surface area contributed by atoms with E-state index in [1.54, 1.807) is 24.4 Å². The molecule has 3 rings (SSSR count). The standard InChI is InChI=1S/C11H9FN4OS/c12-7-3-1-2-6-4-9(17-11(6)7)10(15-13)8-5-14-18-16-8/h1-5,10,15H,13H2. The zero-order valence-electron chi connectivity index (χ0n) is 9.13. The highest BCUT2D eigenvalue weighted by atomic mass is 32.1. The van der Waals surface area contributed by atoms with E-state index in [1.807, 2.05) is 0 Å². The fraction of sp³-hybridized carbons (Fsp3) is 0.0909. The normalized spacial score (nSPS) is 13.0. The Morgan fingerprint density at radius 3 is 3.00 bits per heavy atom. The minimum Gasteiger partial charge on any atom is -0.456 e. The third-order valence-electron chi connectivity index (χ3n) is 2.64. The number of fused-ring (bicyclic) bond motifs is 1. The number of furan rings is 1. The molecule has 2 aromatic heterocycles. The summed E-state index contributed by atoms with van der Waals surface area (Å²) in [5.41, 5.74) is 3.45. The predicted molar refractivity (Wildman–Crippen MR) is 65.2 cm³/mol. The van der Waals surface area contributed by atoms with Crippen LogP contribution in [0.25, 0.3) is 11.0 Å². The number of nitrogens with two attached hydrogens (primary N) is 1. The molecule has 0 bridgehead atoms. The summed E-state index contributed by atoms with van der Waals surface area (Å²) >= 11 is 1.08. The molecule has 0 saturated heterocycles. The molecule has 0 spiro atoms. The van der Waals surface area contributed by atoms with E-state index in [-0.39, 0.29) is 5.58 Å². The maximum Gasteiger partial charge on any atom is 0.169 e. The van der Waals surface area contributed by atoms with E-state index in [0.717, 1.165) is 11.7 Å². The minimum absolute atomic E-state index is 0.218. The first-order chi connectivity index (χ1) is 8.79. The van der Waals surface area contributed by atoms with Crippen molar-refractivity contribution >= 4 is 22.7 Å². The molecule has 5 nitrogen and oxygen atoms in total. The first-order valence-electron chi connectivity index (χ1n) is 5.21. The van der Waals surface area contributed by atoms with Crippen LogP contribution in [0.5, 0.6) is 0 Å². The van der Waals surface area contributed by atoms with E-state index in [9.17, 15) is 4.39 Å². The van der Waals surface area contributed by atoms with Crippen molar-refractivity contribution in [3.05, 3.63) is 47.7 Å². The first-order valence-corrected chi connectivity index (χ1v) is 5.94. The number of halogens is 1. The lowest BCUT2D eigenvalue weighted by molar-refractivity contribution is 0.461. The van der Waals surface area contributed by atoms with Crippen LogP contribution in [0.3, 0.4) is 0 Å². The molecule has 0 radical (unpaired) electrons. The number of benzene rings is 1. The van der Waals surface area contributed by atoms with Gasteiger partial charge in [0, 0.05) is 5.39 Å². The molecule has 0 amide bonds. The SMILES string of the molecule is NNC(c1cnsn1)c1cc2cccc(F)c2o1. The van der Waals surface area contributed by atoms with Crippen molar-refractivity contribution in [1.29, 1.82) is 0 Å². The largest absolute Gasteiger partial charge is 0.456 e. The Morgan fingerprint density at radius 1 is 1.44 bits per heavy atom. The van der Waals surface area contributed by atoms with Crippen LogP contribution in [-0.4, -0.2) is 8.75 Å². The molecule has 0 saturated carbocycles. The molecule has 1 atom stereocenters. The van der Waals surface area contributed by atoms with Gasteiger partial charge in [-0.25, -0.2) is 9.82 Å². The Labute approximate surface area is 106 Å². The monoisotopic (exact) mass is 264 g/mol. The number of rotatable bonds is 3. The second-order valence-electron chi connectivity index (χ2n) is 3.74. The van der Waals surface area contributed by atoms with E-state index in [2.05, 4.69) is 14.2 Å². The van der Waals surface area contributed by atoms with Crippen molar-refractivity contribution in [2.45, 2.75) is 6.04 Å². The molecular weight excluding hydrogens is 255 g/mol. The number of nitrogens with one attached hydrogen (secondary N) is 1. The second-order valence-corrected chi connectivity index (χ2v) is 4.30. The molecule has 1 unspecified atom stereocenters. The van der Waals surface area contributed by atoms with Gasteiger partial charge in [0.2, 0.25) is 0 Å². The van der Waals surface area contributed by atoms with Gasteiger partial charge in [-0.2, -0.15) is 8.75 Å². The van der Waals surface area contributed by atoms with Gasteiger partial charge < -0.3 is 4.42 Å². The number of hydrazine groups is 1. The Kier molecular flexibility index (Phi) is 2.78. The van der Waals surface area contributed by atoms with Crippen molar-refractivity contribution in [3.8, 4) is 0 Å². The molecule has 3 aromatic rings. The van der Waals surface area contributed by atoms with Gasteiger partial charge >= 0.3 is 0 Å². The predicted octanol–water partition coefficient (Wildman–Crippen LogP) is 1.98. The van der Waals surface area contributed by atoms with Crippen molar-refractivity contribution in [1.82, 2.24) is 14.2 Å². The van der Waals surface area contributed by atoms with Crippen LogP contribution in [0.4, 0.5) is 4.39 Å². The Morgan fingerprint density at radius 2 is 2.33 bits per heavy atom. The van der Waals surface area contributed by atoms with Gasteiger partial charge in [-0.05, 0) is 12.1 Å². The van der Waals surface area contributed by atoms with Crippen LogP contribution in [0.15, 0.2) is 34.9 Å². The summed E-state index contributed by atoms with van der Waals surface area (Å²) in [6.07, 6.45) is 1.60. The summed E-state index contributed by atoms with van der Waals surface area (Å²) in [7, 11) is 0. The fourth-order valence-electron chi connectivity index (χ4n) is 1.80. The molecular formula is C11H9FN4OS. The molecule has 2 heterocycles. The number of para-hydroxylation sites is 1. The van der Waals surface area contributed by atoms with Crippen molar-refractivity contribution in [2.75, 3.05) is 0 Å². The fourth-order valence-corrected chi connectivity index (χ4v) is 2.25. The summed E-state index contributed by atoms with van der Waals surface area (Å²) in [5.74, 6) is 5.60. The van der Waals surface area contributed by atoms with Crippen molar-refractivity contribution in [2.24, 2.45) is 5.84 Å². The number of hydrogen-bond acceptors (Lipinski definition) is 6. The maximum atomic E-state index is 13.5. The topological polar surface area (TPSA) is 77.0 Å². The highest BCUT2D eigenvalue weighted by molar-refractivity contribution is 6.99. The Hall–Kier alpha value is -1.83. The van der Waals surface area contributed by atoms with Crippen molar-refractivity contribution < 1.29 is 8.81 Å². The van der Waals surface area contributed by atoms with Crippen LogP contribution >= 0.6 is 11.7 Å². The van der Waals surface area contributed by atoms with Gasteiger partial charge in [-0.15, -0.1) is 0 Å². The summed E-state index contributed by atoms with van der Waals surface area (Å²) in [4.78, 5) is 0. The highest BCUT2D eigenvalue weighted by Crippen LogP contribution is 2.28. The highest BCUT2D eigenvalue weighted by Gasteiger charge is 2.20. The molecule has 0 aliphatic carbocycles. The molecule has 18 heavy (non-hydrogen) atoms. The Bertz CT molecular complexity index is 667. The van der Waals surface area contributed by atoms with Gasteiger partial charge in [0.15, 0.2) is 11.4 Å². The van der Waals surface area contributed by atoms with Gasteiger partial charge in [-0.1, -0.05) is 12.1 Å². The van der Waals surface area contributed by atoms with Crippen LogP contribution in [0, 0.1) is 5.82 Å². The molecule has 7 heteroatoms. The van der Waals surface area contributed by atoms with Crippen LogP contribution in [-0.2, 0) is 0 Å². The van der Waals surface area contributed by atoms with Crippen LogP contribution in [0.2, 0.25) is 0 Å². The van der Waals surface area contributed by atoms with Crippen LogP contribution in [0.1, 0.15) is 17.5 Å². The van der Waals surface area contributed by atoms with Gasteiger partial charge in [0.1, 0.15) is 17.5 Å². The quantitative estimate of drug-likeness (QED) is 0.558. The lowest BCUT2D eigenvalue weighted by Gasteiger charge is -2.08. The lowest BCUT2D eigenvalue weighted by atomic mass is 10.1. The van der Waals surface area contributed by atoms with Crippen LogP contribution < -0.4 is 11.3 Å². The molecule has 0 aliphatic rings. The van der Waals surface area contributed by atoms with Crippen molar-refractivity contribution in [3.63, 3.8) is 0 Å². The third-order valence-corrected chi connectivity index (χ3v) is 3.13. The van der Waals surface area contributed by atoms with E-state index in [1.165, 1.54) is 6.07 Å². The van der Waals surface area contributed by atoms with E-state index in [0.29, 0.717) is 16.8 Å². The number of nitrogens with zero attached hydrogens (tertiary/aromatic N) is 2. The maximum absolute atomic E-state index is 13.5. The zero-order chi connectivity index (χ0) is 12.5. The third kappa shape index (κ3) is 1.78. The molecule has 92 valence electrons. The average Bonchev–Trinajstić information content (AvgIpc) is 3.00. The summed E-state index contributed by atoms with van der Waals surface area (Å²) in [6.45, 7) is 0. The summed E-state index contributed by atoms with van der Waals surface area (Å²) in [5, 5.41) is 0.688. The second kappa shape index (κ2) is 4.45. The molecule has 1 aromatic carbocycles. The molecule has 0 fully saturated rings. The lowest BCUT2D eigenvalue weighted by Crippen LogP contribution is -2.28. The van der Waals surface area contributed by atoms with E-state index < -0.39 is 11.9 Å². The average molecular weight is 264 g/mol. The zero-order valence-corrected chi connectivity index (χ0v) is 9.95. The molecule has 0 aliphatic heterocycles. The van der Waals surface area contributed by atoms with Gasteiger partial charge in [0.25, 0.3) is 0 Å². The minimum atomic E-state index is -0.435. The van der Waals surface area contributed by atoms with E-state index >= 15 is 0 Å². The van der Waals surface area contributed by atoms with Gasteiger partial charge in [-0.3, -0.25) is 5.84 Å². The van der Waals surface area contributed by atoms with E-state index in [4.69, 9.17) is 10.3 Å². The molecule has 3 N–H and O–H groups in total.